The van der Waals surface area contributed by atoms with Gasteiger partial charge in [0.15, 0.2) is 0 Å². The molecule has 1 aliphatic carbocycles. The van der Waals surface area contributed by atoms with E-state index in [-0.39, 0.29) is 34.2 Å². The number of nitrogens with zero attached hydrogens (tertiary/aromatic N) is 1. The molecule has 0 saturated heterocycles. The van der Waals surface area contributed by atoms with Crippen LogP contribution in [0.5, 0.6) is 0 Å². The van der Waals surface area contributed by atoms with Crippen LogP contribution in [0.15, 0.2) is 47.6 Å². The van der Waals surface area contributed by atoms with Gasteiger partial charge in [-0.2, -0.15) is 8.78 Å². The molecule has 0 radical (unpaired) electrons. The van der Waals surface area contributed by atoms with Gasteiger partial charge in [0.25, 0.3) is 11.7 Å². The maximum Gasteiger partial charge on any atom is 0.290 e. The van der Waals surface area contributed by atoms with Crippen LogP contribution in [0.4, 0.5) is 20.2 Å². The Morgan fingerprint density at radius 3 is 2.52 bits per heavy atom. The molecule has 1 fully saturated rings. The first-order valence-electron chi connectivity index (χ1n) is 7.65. The number of aromatic nitrogens is 1. The standard InChI is InChI=1S/C17H15F2N3O2S/c18-17(19)25-16-13(5-2-8-20-16)15(24)22-12-4-1-3-11(9-12)21-14(23)10-6-7-10/h1-5,8-10,17H,6-7H2,(H,21,23)(H,22,24). The molecular formula is C17H15F2N3O2S. The first-order chi connectivity index (χ1) is 12.0. The third kappa shape index (κ3) is 4.76. The van der Waals surface area contributed by atoms with E-state index in [4.69, 9.17) is 0 Å². The van der Waals surface area contributed by atoms with E-state index in [2.05, 4.69) is 15.6 Å². The Morgan fingerprint density at radius 2 is 1.84 bits per heavy atom. The van der Waals surface area contributed by atoms with Crippen molar-refractivity contribution >= 4 is 35.0 Å². The Bertz CT molecular complexity index is 797. The molecule has 1 saturated carbocycles. The lowest BCUT2D eigenvalue weighted by atomic mass is 10.2. The number of nitrogens with one attached hydrogen (secondary N) is 2. The second-order valence-electron chi connectivity index (χ2n) is 5.53. The highest BCUT2D eigenvalue weighted by Gasteiger charge is 2.29. The normalized spacial score (nSPS) is 13.6. The number of hydrogen-bond donors (Lipinski definition) is 2. The number of pyridine rings is 1. The molecule has 0 unspecified atom stereocenters. The molecule has 130 valence electrons. The number of hydrogen-bond acceptors (Lipinski definition) is 4. The average Bonchev–Trinajstić information content (AvgIpc) is 3.40. The fraction of sp³-hybridized carbons (Fsp3) is 0.235. The maximum absolute atomic E-state index is 12.6. The van der Waals surface area contributed by atoms with Crippen LogP contribution in [0.2, 0.25) is 0 Å². The summed E-state index contributed by atoms with van der Waals surface area (Å²) in [5.74, 6) is -3.17. The molecule has 1 heterocycles. The number of amides is 2. The first-order valence-corrected chi connectivity index (χ1v) is 8.53. The molecule has 2 amide bonds. The van der Waals surface area contributed by atoms with Crippen molar-refractivity contribution in [3.63, 3.8) is 0 Å². The van der Waals surface area contributed by atoms with Gasteiger partial charge < -0.3 is 10.6 Å². The van der Waals surface area contributed by atoms with Crippen LogP contribution >= 0.6 is 11.8 Å². The van der Waals surface area contributed by atoms with E-state index >= 15 is 0 Å². The summed E-state index contributed by atoms with van der Waals surface area (Å²) in [5.41, 5.74) is 1.10. The van der Waals surface area contributed by atoms with Crippen LogP contribution < -0.4 is 10.6 Å². The first kappa shape index (κ1) is 17.3. The summed E-state index contributed by atoms with van der Waals surface area (Å²) in [6.45, 7) is 0. The van der Waals surface area contributed by atoms with Crippen LogP contribution in [-0.2, 0) is 4.79 Å². The SMILES string of the molecule is O=C(Nc1cccc(NC(=O)C2CC2)c1)c1cccnc1SC(F)F. The minimum Gasteiger partial charge on any atom is -0.326 e. The summed E-state index contributed by atoms with van der Waals surface area (Å²) >= 11 is 0.223. The van der Waals surface area contributed by atoms with E-state index in [1.165, 1.54) is 18.3 Å². The van der Waals surface area contributed by atoms with Gasteiger partial charge in [-0.05, 0) is 54.9 Å². The zero-order valence-electron chi connectivity index (χ0n) is 13.0. The smallest absolute Gasteiger partial charge is 0.290 e. The summed E-state index contributed by atoms with van der Waals surface area (Å²) < 4.78 is 25.2. The monoisotopic (exact) mass is 363 g/mol. The molecule has 1 aliphatic rings. The number of benzene rings is 1. The number of halogens is 2. The minimum absolute atomic E-state index is 0.0341. The predicted molar refractivity (Wildman–Crippen MR) is 91.8 cm³/mol. The van der Waals surface area contributed by atoms with E-state index in [9.17, 15) is 18.4 Å². The molecule has 3 rings (SSSR count). The fourth-order valence-electron chi connectivity index (χ4n) is 2.20. The number of anilines is 2. The van der Waals surface area contributed by atoms with Crippen LogP contribution in [0, 0.1) is 5.92 Å². The largest absolute Gasteiger partial charge is 0.326 e. The Hall–Kier alpha value is -2.48. The van der Waals surface area contributed by atoms with Crippen molar-refractivity contribution in [2.75, 3.05) is 10.6 Å². The van der Waals surface area contributed by atoms with E-state index in [1.54, 1.807) is 24.3 Å². The second kappa shape index (κ2) is 7.60. The number of carbonyl (C=O) groups excluding carboxylic acids is 2. The van der Waals surface area contributed by atoms with Gasteiger partial charge in [-0.25, -0.2) is 4.98 Å². The van der Waals surface area contributed by atoms with Crippen molar-refractivity contribution in [1.82, 2.24) is 4.98 Å². The lowest BCUT2D eigenvalue weighted by molar-refractivity contribution is -0.117. The molecule has 1 aromatic carbocycles. The van der Waals surface area contributed by atoms with Crippen molar-refractivity contribution in [1.29, 1.82) is 0 Å². The number of alkyl halides is 2. The van der Waals surface area contributed by atoms with Crippen molar-refractivity contribution < 1.29 is 18.4 Å². The molecule has 1 aromatic heterocycles. The van der Waals surface area contributed by atoms with Crippen LogP contribution in [0.1, 0.15) is 23.2 Å². The molecule has 25 heavy (non-hydrogen) atoms. The topological polar surface area (TPSA) is 71.1 Å². The average molecular weight is 363 g/mol. The quantitative estimate of drug-likeness (QED) is 0.761. The third-order valence-corrected chi connectivity index (χ3v) is 4.28. The van der Waals surface area contributed by atoms with Crippen molar-refractivity contribution in [3.05, 3.63) is 48.2 Å². The molecule has 5 nitrogen and oxygen atoms in total. The summed E-state index contributed by atoms with van der Waals surface area (Å²) in [7, 11) is 0. The third-order valence-electron chi connectivity index (χ3n) is 3.55. The molecule has 0 bridgehead atoms. The van der Waals surface area contributed by atoms with Gasteiger partial charge in [-0.1, -0.05) is 6.07 Å². The van der Waals surface area contributed by atoms with Crippen LogP contribution in [0.25, 0.3) is 0 Å². The second-order valence-corrected chi connectivity index (χ2v) is 6.51. The molecule has 2 aromatic rings. The Labute approximate surface area is 147 Å². The maximum atomic E-state index is 12.6. The van der Waals surface area contributed by atoms with Gasteiger partial charge in [0.2, 0.25) is 5.91 Å². The number of rotatable bonds is 6. The van der Waals surface area contributed by atoms with Gasteiger partial charge in [0.1, 0.15) is 5.03 Å². The Balaban J connectivity index is 1.71. The number of carbonyl (C=O) groups is 2. The zero-order chi connectivity index (χ0) is 17.8. The number of thioether (sulfide) groups is 1. The zero-order valence-corrected chi connectivity index (χ0v) is 13.9. The van der Waals surface area contributed by atoms with Gasteiger partial charge in [0.05, 0.1) is 5.56 Å². The molecule has 0 spiro atoms. The van der Waals surface area contributed by atoms with Crippen LogP contribution in [-0.4, -0.2) is 22.6 Å². The van der Waals surface area contributed by atoms with Gasteiger partial charge >= 0.3 is 0 Å². The fourth-order valence-corrected chi connectivity index (χ4v) is 2.78. The van der Waals surface area contributed by atoms with Gasteiger partial charge in [-0.3, -0.25) is 9.59 Å². The van der Waals surface area contributed by atoms with E-state index in [1.807, 2.05) is 0 Å². The highest BCUT2D eigenvalue weighted by atomic mass is 32.2. The van der Waals surface area contributed by atoms with Crippen molar-refractivity contribution in [2.45, 2.75) is 23.6 Å². The lowest BCUT2D eigenvalue weighted by Gasteiger charge is -2.10. The molecule has 8 heteroatoms. The molecule has 2 N–H and O–H groups in total. The molecular weight excluding hydrogens is 348 g/mol. The molecule has 0 aliphatic heterocycles. The van der Waals surface area contributed by atoms with E-state index in [0.717, 1.165) is 12.8 Å². The van der Waals surface area contributed by atoms with E-state index < -0.39 is 11.7 Å². The summed E-state index contributed by atoms with van der Waals surface area (Å²) in [6, 6.07) is 9.63. The minimum atomic E-state index is -2.66. The van der Waals surface area contributed by atoms with Crippen molar-refractivity contribution in [3.8, 4) is 0 Å². The Kier molecular flexibility index (Phi) is 5.28. The van der Waals surface area contributed by atoms with Gasteiger partial charge in [0, 0.05) is 23.5 Å². The van der Waals surface area contributed by atoms with Gasteiger partial charge in [-0.15, -0.1) is 0 Å². The highest BCUT2D eigenvalue weighted by molar-refractivity contribution is 7.99. The summed E-state index contributed by atoms with van der Waals surface area (Å²) in [5, 5.41) is 5.40. The predicted octanol–water partition coefficient (Wildman–Crippen LogP) is 4.00. The summed E-state index contributed by atoms with van der Waals surface area (Å²) in [6.07, 6.45) is 3.15. The molecule has 0 atom stereocenters. The van der Waals surface area contributed by atoms with Crippen molar-refractivity contribution in [2.24, 2.45) is 5.92 Å². The summed E-state index contributed by atoms with van der Waals surface area (Å²) in [4.78, 5) is 28.0. The van der Waals surface area contributed by atoms with Crippen LogP contribution in [0.3, 0.4) is 0 Å². The van der Waals surface area contributed by atoms with E-state index in [0.29, 0.717) is 11.4 Å². The Morgan fingerprint density at radius 1 is 1.12 bits per heavy atom. The lowest BCUT2D eigenvalue weighted by Crippen LogP contribution is -2.15. The highest BCUT2D eigenvalue weighted by Crippen LogP contribution is 2.30.